The van der Waals surface area contributed by atoms with Crippen molar-refractivity contribution in [2.45, 2.75) is 0 Å². The van der Waals surface area contributed by atoms with E-state index in [9.17, 15) is 4.79 Å². The Balaban J connectivity index is 1.93. The van der Waals surface area contributed by atoms with Crippen LogP contribution in [0.3, 0.4) is 0 Å². The van der Waals surface area contributed by atoms with Gasteiger partial charge in [0.05, 0.1) is 11.3 Å². The van der Waals surface area contributed by atoms with Crippen LogP contribution in [-0.4, -0.2) is 10.4 Å². The lowest BCUT2D eigenvalue weighted by molar-refractivity contribution is 0.104. The summed E-state index contributed by atoms with van der Waals surface area (Å²) >= 11 is 1.67. The van der Waals surface area contributed by atoms with Crippen LogP contribution in [0.5, 0.6) is 0 Å². The Morgan fingerprint density at radius 3 is 2.67 bits per heavy atom. The number of nitrogens with zero attached hydrogens (tertiary/aromatic N) is 1. The van der Waals surface area contributed by atoms with Gasteiger partial charge < -0.3 is 4.57 Å². The predicted molar refractivity (Wildman–Crippen MR) is 72.5 cm³/mol. The highest BCUT2D eigenvalue weighted by Crippen LogP contribution is 2.39. The zero-order valence-corrected chi connectivity index (χ0v) is 10.3. The molecule has 3 heteroatoms. The number of hydrogen-bond donors (Lipinski definition) is 0. The Hall–Kier alpha value is -2.13. The van der Waals surface area contributed by atoms with Crippen molar-refractivity contribution in [3.8, 4) is 15.4 Å². The number of fused-ring (bicyclic) bond motifs is 3. The molecule has 0 atom stereocenters. The third kappa shape index (κ3) is 1.19. The van der Waals surface area contributed by atoms with Crippen molar-refractivity contribution < 1.29 is 4.79 Å². The number of aromatic nitrogens is 1. The fourth-order valence-electron chi connectivity index (χ4n) is 2.35. The topological polar surface area (TPSA) is 22.0 Å². The molecule has 0 N–H and O–H groups in total. The molecule has 86 valence electrons. The molecule has 2 aromatic heterocycles. The molecule has 0 unspecified atom stereocenters. The predicted octanol–water partition coefficient (Wildman–Crippen LogP) is 3.75. The highest BCUT2D eigenvalue weighted by Gasteiger charge is 2.28. The number of ketones is 1. The largest absolute Gasteiger partial charge is 0.304 e. The molecule has 1 aromatic carbocycles. The Kier molecular flexibility index (Phi) is 1.88. The van der Waals surface area contributed by atoms with Gasteiger partial charge in [0.15, 0.2) is 0 Å². The maximum atomic E-state index is 12.2. The van der Waals surface area contributed by atoms with Gasteiger partial charge in [0, 0.05) is 11.1 Å². The minimum atomic E-state index is 0.133. The highest BCUT2D eigenvalue weighted by atomic mass is 32.1. The van der Waals surface area contributed by atoms with E-state index in [0.717, 1.165) is 21.1 Å². The SMILES string of the molecule is O=C1c2cc(-c3ccccc3)sc2-n2cccc21. The van der Waals surface area contributed by atoms with Crippen LogP contribution < -0.4 is 0 Å². The summed E-state index contributed by atoms with van der Waals surface area (Å²) in [6, 6.07) is 16.0. The van der Waals surface area contributed by atoms with Gasteiger partial charge in [-0.1, -0.05) is 30.3 Å². The third-order valence-corrected chi connectivity index (χ3v) is 4.40. The Morgan fingerprint density at radius 1 is 1.00 bits per heavy atom. The van der Waals surface area contributed by atoms with E-state index >= 15 is 0 Å². The second-order valence-electron chi connectivity index (χ2n) is 4.29. The first kappa shape index (κ1) is 9.85. The maximum absolute atomic E-state index is 12.2. The van der Waals surface area contributed by atoms with Crippen molar-refractivity contribution in [3.05, 3.63) is 66.0 Å². The number of hydrogen-bond acceptors (Lipinski definition) is 2. The first-order valence-corrected chi connectivity index (χ1v) is 6.58. The molecule has 18 heavy (non-hydrogen) atoms. The van der Waals surface area contributed by atoms with E-state index in [4.69, 9.17) is 0 Å². The molecule has 3 heterocycles. The minimum absolute atomic E-state index is 0.133. The minimum Gasteiger partial charge on any atom is -0.304 e. The molecule has 0 fully saturated rings. The van der Waals surface area contributed by atoms with Gasteiger partial charge in [0.2, 0.25) is 5.78 Å². The maximum Gasteiger partial charge on any atom is 0.212 e. The summed E-state index contributed by atoms with van der Waals surface area (Å²) in [5.74, 6) is 0.133. The molecule has 0 bridgehead atoms. The Bertz CT molecular complexity index is 752. The molecule has 0 saturated carbocycles. The molecule has 0 aliphatic carbocycles. The lowest BCUT2D eigenvalue weighted by atomic mass is 10.1. The molecule has 2 nitrogen and oxygen atoms in total. The van der Waals surface area contributed by atoms with E-state index < -0.39 is 0 Å². The van der Waals surface area contributed by atoms with Crippen LogP contribution >= 0.6 is 11.3 Å². The fourth-order valence-corrected chi connectivity index (χ4v) is 3.51. The van der Waals surface area contributed by atoms with Crippen LogP contribution in [0.15, 0.2) is 54.7 Å². The average Bonchev–Trinajstić information content (AvgIpc) is 3.08. The third-order valence-electron chi connectivity index (χ3n) is 3.22. The molecule has 4 rings (SSSR count). The van der Waals surface area contributed by atoms with Gasteiger partial charge in [-0.2, -0.15) is 0 Å². The lowest BCUT2D eigenvalue weighted by Gasteiger charge is -1.97. The van der Waals surface area contributed by atoms with Gasteiger partial charge in [-0.25, -0.2) is 0 Å². The first-order valence-electron chi connectivity index (χ1n) is 5.76. The summed E-state index contributed by atoms with van der Waals surface area (Å²) in [6.45, 7) is 0. The van der Waals surface area contributed by atoms with E-state index in [-0.39, 0.29) is 5.78 Å². The smallest absolute Gasteiger partial charge is 0.212 e. The number of thiophene rings is 1. The van der Waals surface area contributed by atoms with E-state index in [1.807, 2.05) is 47.2 Å². The monoisotopic (exact) mass is 251 g/mol. The molecule has 0 saturated heterocycles. The second kappa shape index (κ2) is 3.43. The summed E-state index contributed by atoms with van der Waals surface area (Å²) < 4.78 is 1.98. The molecular formula is C15H9NOS. The average molecular weight is 251 g/mol. The molecule has 0 radical (unpaired) electrons. The molecule has 3 aromatic rings. The van der Waals surface area contributed by atoms with Crippen molar-refractivity contribution in [2.75, 3.05) is 0 Å². The van der Waals surface area contributed by atoms with Crippen LogP contribution in [0, 0.1) is 0 Å². The molecule has 0 amide bonds. The number of benzene rings is 1. The van der Waals surface area contributed by atoms with Gasteiger partial charge in [-0.15, -0.1) is 11.3 Å². The molecular weight excluding hydrogens is 242 g/mol. The summed E-state index contributed by atoms with van der Waals surface area (Å²) in [5.41, 5.74) is 2.77. The van der Waals surface area contributed by atoms with Gasteiger partial charge >= 0.3 is 0 Å². The van der Waals surface area contributed by atoms with Gasteiger partial charge in [-0.3, -0.25) is 4.79 Å². The van der Waals surface area contributed by atoms with E-state index in [0.29, 0.717) is 0 Å². The van der Waals surface area contributed by atoms with Gasteiger partial charge in [0.1, 0.15) is 5.00 Å². The van der Waals surface area contributed by atoms with Crippen molar-refractivity contribution in [1.29, 1.82) is 0 Å². The standard InChI is InChI=1S/C15H9NOS/c17-14-11-9-13(10-5-2-1-3-6-10)18-15(11)16-8-4-7-12(14)16/h1-9H. The van der Waals surface area contributed by atoms with Crippen LogP contribution in [0.1, 0.15) is 16.1 Å². The highest BCUT2D eigenvalue weighted by molar-refractivity contribution is 7.18. The van der Waals surface area contributed by atoms with Crippen LogP contribution in [0.4, 0.5) is 0 Å². The van der Waals surface area contributed by atoms with E-state index in [1.165, 1.54) is 5.56 Å². The number of carbonyl (C=O) groups is 1. The summed E-state index contributed by atoms with van der Waals surface area (Å²) in [6.07, 6.45) is 1.95. The van der Waals surface area contributed by atoms with Gasteiger partial charge in [-0.05, 0) is 23.8 Å². The van der Waals surface area contributed by atoms with Crippen LogP contribution in [0.2, 0.25) is 0 Å². The number of carbonyl (C=O) groups excluding carboxylic acids is 1. The normalized spacial score (nSPS) is 12.6. The number of rotatable bonds is 1. The zero-order valence-electron chi connectivity index (χ0n) is 9.46. The van der Waals surface area contributed by atoms with Crippen LogP contribution in [-0.2, 0) is 0 Å². The van der Waals surface area contributed by atoms with Crippen molar-refractivity contribution in [3.63, 3.8) is 0 Å². The molecule has 1 aliphatic rings. The summed E-state index contributed by atoms with van der Waals surface area (Å²) in [7, 11) is 0. The van der Waals surface area contributed by atoms with Crippen molar-refractivity contribution in [2.24, 2.45) is 0 Å². The second-order valence-corrected chi connectivity index (χ2v) is 5.32. The molecule has 1 aliphatic heterocycles. The Morgan fingerprint density at radius 2 is 1.83 bits per heavy atom. The summed E-state index contributed by atoms with van der Waals surface area (Å²) in [4.78, 5) is 13.3. The fraction of sp³-hybridized carbons (Fsp3) is 0. The van der Waals surface area contributed by atoms with E-state index in [1.54, 1.807) is 11.3 Å². The van der Waals surface area contributed by atoms with Crippen LogP contribution in [0.25, 0.3) is 15.4 Å². The Labute approximate surface area is 108 Å². The quantitative estimate of drug-likeness (QED) is 0.505. The first-order chi connectivity index (χ1) is 8.84. The van der Waals surface area contributed by atoms with Crippen molar-refractivity contribution in [1.82, 2.24) is 4.57 Å². The summed E-state index contributed by atoms with van der Waals surface area (Å²) in [5, 5.41) is 1.04. The zero-order chi connectivity index (χ0) is 12.1. The van der Waals surface area contributed by atoms with Crippen molar-refractivity contribution >= 4 is 17.1 Å². The lowest BCUT2D eigenvalue weighted by Crippen LogP contribution is -1.94. The van der Waals surface area contributed by atoms with E-state index in [2.05, 4.69) is 12.1 Å². The molecule has 0 spiro atoms. The van der Waals surface area contributed by atoms with Gasteiger partial charge in [0.25, 0.3) is 0 Å².